The number of rotatable bonds is 19. The van der Waals surface area contributed by atoms with E-state index in [-0.39, 0.29) is 5.91 Å². The Balaban J connectivity index is 0. The van der Waals surface area contributed by atoms with Gasteiger partial charge in [-0.05, 0) is 32.7 Å². The van der Waals surface area contributed by atoms with Crippen molar-refractivity contribution in [3.63, 3.8) is 0 Å². The van der Waals surface area contributed by atoms with Crippen molar-refractivity contribution < 1.29 is 24.6 Å². The van der Waals surface area contributed by atoms with Crippen LogP contribution in [0.5, 0.6) is 0 Å². The molecular weight excluding hydrogens is 398 g/mol. The number of unbranched alkanes of at least 4 members (excludes halogenated alkanes) is 11. The zero-order valence-electron chi connectivity index (χ0n) is 19.7. The SMILES string of the molecule is CCCCCCCCCCCCCC(=O)N[C@@H](C)C(=O)O.NCCCCC(N)C(=O)O. The summed E-state index contributed by atoms with van der Waals surface area (Å²) >= 11 is 0. The minimum Gasteiger partial charge on any atom is -0.480 e. The lowest BCUT2D eigenvalue weighted by atomic mass is 10.1. The first-order chi connectivity index (χ1) is 14.8. The number of nitrogens with two attached hydrogens (primary N) is 2. The van der Waals surface area contributed by atoms with E-state index in [1.54, 1.807) is 0 Å². The van der Waals surface area contributed by atoms with Crippen molar-refractivity contribution in [2.75, 3.05) is 6.54 Å². The minimum absolute atomic E-state index is 0.152. The second kappa shape index (κ2) is 23.0. The molecule has 2 atom stereocenters. The predicted molar refractivity (Wildman–Crippen MR) is 125 cm³/mol. The number of hydrogen-bond acceptors (Lipinski definition) is 5. The van der Waals surface area contributed by atoms with Gasteiger partial charge in [0.25, 0.3) is 0 Å². The van der Waals surface area contributed by atoms with Crippen molar-refractivity contribution in [1.29, 1.82) is 0 Å². The minimum atomic E-state index is -0.984. The van der Waals surface area contributed by atoms with E-state index in [0.717, 1.165) is 25.7 Å². The fourth-order valence-electron chi connectivity index (χ4n) is 2.96. The summed E-state index contributed by atoms with van der Waals surface area (Å²) in [7, 11) is 0. The molecule has 0 heterocycles. The van der Waals surface area contributed by atoms with Crippen LogP contribution in [0.2, 0.25) is 0 Å². The topological polar surface area (TPSA) is 156 Å². The Kier molecular flexibility index (Phi) is 23.4. The van der Waals surface area contributed by atoms with E-state index in [4.69, 9.17) is 21.7 Å². The molecule has 0 aromatic carbocycles. The molecule has 0 aromatic heterocycles. The van der Waals surface area contributed by atoms with E-state index in [1.807, 2.05) is 0 Å². The average molecular weight is 446 g/mol. The van der Waals surface area contributed by atoms with Crippen LogP contribution in [0.1, 0.15) is 110 Å². The van der Waals surface area contributed by atoms with E-state index in [9.17, 15) is 14.4 Å². The third-order valence-corrected chi connectivity index (χ3v) is 5.04. The third kappa shape index (κ3) is 24.5. The first kappa shape index (κ1) is 31.5. The number of hydrogen-bond donors (Lipinski definition) is 5. The van der Waals surface area contributed by atoms with Gasteiger partial charge in [0.05, 0.1) is 0 Å². The van der Waals surface area contributed by atoms with Gasteiger partial charge < -0.3 is 27.0 Å². The Labute approximate surface area is 188 Å². The summed E-state index contributed by atoms with van der Waals surface area (Å²) in [5, 5.41) is 19.5. The molecule has 0 aliphatic rings. The Hall–Kier alpha value is -1.67. The lowest BCUT2D eigenvalue weighted by Gasteiger charge is -2.08. The molecule has 0 fully saturated rings. The molecule has 0 bridgehead atoms. The van der Waals surface area contributed by atoms with Crippen LogP contribution in [0.25, 0.3) is 0 Å². The summed E-state index contributed by atoms with van der Waals surface area (Å²) in [6.45, 7) is 4.33. The van der Waals surface area contributed by atoms with Gasteiger partial charge in [-0.1, -0.05) is 77.6 Å². The van der Waals surface area contributed by atoms with Crippen LogP contribution in [0.3, 0.4) is 0 Å². The number of nitrogens with one attached hydrogen (secondary N) is 1. The number of aliphatic carboxylic acids is 2. The van der Waals surface area contributed by atoms with E-state index in [0.29, 0.717) is 19.4 Å². The van der Waals surface area contributed by atoms with Crippen molar-refractivity contribution in [1.82, 2.24) is 5.32 Å². The van der Waals surface area contributed by atoms with Gasteiger partial charge in [0, 0.05) is 6.42 Å². The first-order valence-electron chi connectivity index (χ1n) is 12.0. The van der Waals surface area contributed by atoms with E-state index < -0.39 is 24.0 Å². The van der Waals surface area contributed by atoms with Gasteiger partial charge in [0.15, 0.2) is 0 Å². The van der Waals surface area contributed by atoms with Gasteiger partial charge >= 0.3 is 11.9 Å². The Morgan fingerprint density at radius 1 is 0.774 bits per heavy atom. The molecule has 0 spiro atoms. The number of carboxylic acids is 2. The van der Waals surface area contributed by atoms with Crippen molar-refractivity contribution in [2.45, 2.75) is 122 Å². The molecule has 0 aromatic rings. The van der Waals surface area contributed by atoms with Crippen LogP contribution in [0, 0.1) is 0 Å². The van der Waals surface area contributed by atoms with Crippen LogP contribution >= 0.6 is 0 Å². The summed E-state index contributed by atoms with van der Waals surface area (Å²) in [6.07, 6.45) is 16.4. The Morgan fingerprint density at radius 2 is 1.26 bits per heavy atom. The maximum absolute atomic E-state index is 11.4. The zero-order valence-corrected chi connectivity index (χ0v) is 19.7. The van der Waals surface area contributed by atoms with Gasteiger partial charge in [-0.25, -0.2) is 0 Å². The molecule has 0 aliphatic carbocycles. The van der Waals surface area contributed by atoms with Crippen molar-refractivity contribution >= 4 is 17.8 Å². The van der Waals surface area contributed by atoms with E-state index in [1.165, 1.54) is 64.7 Å². The third-order valence-electron chi connectivity index (χ3n) is 5.04. The van der Waals surface area contributed by atoms with Crippen LogP contribution in [-0.4, -0.2) is 46.7 Å². The molecule has 8 heteroatoms. The highest BCUT2D eigenvalue weighted by Crippen LogP contribution is 2.11. The molecule has 8 nitrogen and oxygen atoms in total. The average Bonchev–Trinajstić information content (AvgIpc) is 2.72. The van der Waals surface area contributed by atoms with Crippen molar-refractivity contribution in [3.05, 3.63) is 0 Å². The monoisotopic (exact) mass is 445 g/mol. The summed E-state index contributed by atoms with van der Waals surface area (Å²) in [5.41, 5.74) is 10.4. The fraction of sp³-hybridized carbons (Fsp3) is 0.870. The maximum Gasteiger partial charge on any atom is 0.325 e. The fourth-order valence-corrected chi connectivity index (χ4v) is 2.96. The Bertz CT molecular complexity index is 460. The lowest BCUT2D eigenvalue weighted by Crippen LogP contribution is -2.38. The normalized spacial score (nSPS) is 12.4. The van der Waals surface area contributed by atoms with E-state index >= 15 is 0 Å². The number of carboxylic acid groups (broad SMARTS) is 2. The standard InChI is InChI=1S/C17H33NO3.C6H14N2O2/c1-3-4-5-6-7-8-9-10-11-12-13-14-16(19)18-15(2)17(20)21;7-4-2-1-3-5(8)6(9)10/h15H,3-14H2,1-2H3,(H,18,19)(H,20,21);5H,1-4,7-8H2,(H,9,10)/t15-;/m0./s1. The molecule has 0 saturated heterocycles. The van der Waals surface area contributed by atoms with Crippen molar-refractivity contribution in [2.24, 2.45) is 11.5 Å². The summed E-state index contributed by atoms with van der Waals surface area (Å²) in [6, 6.07) is -1.50. The van der Waals surface area contributed by atoms with Crippen LogP contribution in [-0.2, 0) is 14.4 Å². The van der Waals surface area contributed by atoms with E-state index in [2.05, 4.69) is 12.2 Å². The van der Waals surface area contributed by atoms with Gasteiger partial charge in [-0.3, -0.25) is 14.4 Å². The maximum atomic E-state index is 11.4. The smallest absolute Gasteiger partial charge is 0.325 e. The molecule has 184 valence electrons. The molecule has 7 N–H and O–H groups in total. The lowest BCUT2D eigenvalue weighted by molar-refractivity contribution is -0.141. The summed E-state index contributed by atoms with van der Waals surface area (Å²) in [4.78, 5) is 32.2. The highest BCUT2D eigenvalue weighted by atomic mass is 16.4. The van der Waals surface area contributed by atoms with Crippen LogP contribution in [0.4, 0.5) is 0 Å². The quantitative estimate of drug-likeness (QED) is 0.189. The highest BCUT2D eigenvalue weighted by Gasteiger charge is 2.13. The summed E-state index contributed by atoms with van der Waals surface area (Å²) in [5.74, 6) is -2.07. The van der Waals surface area contributed by atoms with Gasteiger partial charge in [0.1, 0.15) is 12.1 Å². The Morgan fingerprint density at radius 3 is 1.68 bits per heavy atom. The first-order valence-corrected chi connectivity index (χ1v) is 12.0. The van der Waals surface area contributed by atoms with Crippen LogP contribution < -0.4 is 16.8 Å². The molecular formula is C23H47N3O5. The molecule has 0 rings (SSSR count). The number of carbonyl (C=O) groups is 3. The number of carbonyl (C=O) groups excluding carboxylic acids is 1. The molecule has 0 radical (unpaired) electrons. The predicted octanol–water partition coefficient (Wildman–Crippen LogP) is 3.80. The van der Waals surface area contributed by atoms with Gasteiger partial charge in [0.2, 0.25) is 5.91 Å². The van der Waals surface area contributed by atoms with Crippen molar-refractivity contribution in [3.8, 4) is 0 Å². The number of amides is 1. The molecule has 31 heavy (non-hydrogen) atoms. The zero-order chi connectivity index (χ0) is 23.9. The van der Waals surface area contributed by atoms with Gasteiger partial charge in [-0.15, -0.1) is 0 Å². The molecule has 1 unspecified atom stereocenters. The molecule has 0 saturated carbocycles. The summed E-state index contributed by atoms with van der Waals surface area (Å²) < 4.78 is 0. The highest BCUT2D eigenvalue weighted by molar-refractivity contribution is 5.83. The molecule has 1 amide bonds. The molecule has 0 aliphatic heterocycles. The second-order valence-electron chi connectivity index (χ2n) is 8.14. The van der Waals surface area contributed by atoms with Crippen LogP contribution in [0.15, 0.2) is 0 Å². The van der Waals surface area contributed by atoms with Gasteiger partial charge in [-0.2, -0.15) is 0 Å². The second-order valence-corrected chi connectivity index (χ2v) is 8.14. The largest absolute Gasteiger partial charge is 0.480 e.